The molecule has 2 amide bonds. The second-order valence-electron chi connectivity index (χ2n) is 8.49. The van der Waals surface area contributed by atoms with Gasteiger partial charge >= 0.3 is 0 Å². The molecule has 0 spiro atoms. The van der Waals surface area contributed by atoms with Crippen molar-refractivity contribution in [2.75, 3.05) is 18.5 Å². The number of rotatable bonds is 11. The molecule has 6 N–H and O–H groups in total. The third-order valence-corrected chi connectivity index (χ3v) is 6.75. The van der Waals surface area contributed by atoms with Crippen molar-refractivity contribution in [3.05, 3.63) is 92.5 Å². The van der Waals surface area contributed by atoms with Crippen LogP contribution in [0.3, 0.4) is 0 Å². The number of aliphatic hydroxyl groups is 2. The second kappa shape index (κ2) is 13.7. The summed E-state index contributed by atoms with van der Waals surface area (Å²) in [5, 5.41) is 24.3. The summed E-state index contributed by atoms with van der Waals surface area (Å²) in [4.78, 5) is 26.5. The minimum atomic E-state index is -1.04. The van der Waals surface area contributed by atoms with E-state index >= 15 is 0 Å². The molecule has 10 heteroatoms. The van der Waals surface area contributed by atoms with E-state index in [9.17, 15) is 14.7 Å². The second-order valence-corrected chi connectivity index (χ2v) is 10.1. The summed E-state index contributed by atoms with van der Waals surface area (Å²) in [5.41, 5.74) is 8.06. The van der Waals surface area contributed by atoms with Gasteiger partial charge in [-0.1, -0.05) is 61.0 Å². The summed E-state index contributed by atoms with van der Waals surface area (Å²) >= 11 is 8.44. The highest BCUT2D eigenvalue weighted by Gasteiger charge is 2.30. The Hall–Kier alpha value is -2.70. The number of ether oxygens (including phenoxy) is 1. The van der Waals surface area contributed by atoms with E-state index in [4.69, 9.17) is 27.2 Å². The Balaban J connectivity index is 1.76. The SMILES string of the molecule is C[C@@H](c1ccccc1)[C@H](NC(=O)C(N)c1ccc(OCC(O)CO)cc1)C(=O)Nc1ccc(I)cc1Cl. The number of nitrogens with one attached hydrogen (secondary N) is 2. The van der Waals surface area contributed by atoms with Gasteiger partial charge in [0.05, 0.1) is 17.3 Å². The molecular formula is C27H29ClIN3O5. The normalized spacial score (nSPS) is 14.2. The van der Waals surface area contributed by atoms with Crippen LogP contribution in [0.2, 0.25) is 5.02 Å². The summed E-state index contributed by atoms with van der Waals surface area (Å²) in [7, 11) is 0. The van der Waals surface area contributed by atoms with E-state index in [-0.39, 0.29) is 12.5 Å². The van der Waals surface area contributed by atoms with Gasteiger partial charge in [-0.25, -0.2) is 0 Å². The monoisotopic (exact) mass is 637 g/mol. The molecule has 4 atom stereocenters. The lowest BCUT2D eigenvalue weighted by Gasteiger charge is -2.26. The average molecular weight is 638 g/mol. The Kier molecular flexibility index (Phi) is 10.7. The van der Waals surface area contributed by atoms with Gasteiger partial charge < -0.3 is 31.3 Å². The van der Waals surface area contributed by atoms with Crippen molar-refractivity contribution in [1.29, 1.82) is 0 Å². The molecule has 37 heavy (non-hydrogen) atoms. The van der Waals surface area contributed by atoms with Crippen molar-refractivity contribution in [3.8, 4) is 5.75 Å². The van der Waals surface area contributed by atoms with Crippen LogP contribution in [0.1, 0.15) is 30.0 Å². The zero-order valence-electron chi connectivity index (χ0n) is 20.1. The van der Waals surface area contributed by atoms with Crippen LogP contribution in [0.25, 0.3) is 0 Å². The summed E-state index contributed by atoms with van der Waals surface area (Å²) in [5.74, 6) is -0.867. The molecule has 0 radical (unpaired) electrons. The lowest BCUT2D eigenvalue weighted by molar-refractivity contribution is -0.127. The predicted molar refractivity (Wildman–Crippen MR) is 152 cm³/mol. The van der Waals surface area contributed by atoms with Gasteiger partial charge in [0.15, 0.2) is 0 Å². The molecule has 196 valence electrons. The van der Waals surface area contributed by atoms with Gasteiger partial charge in [-0.2, -0.15) is 0 Å². The minimum Gasteiger partial charge on any atom is -0.491 e. The third-order valence-electron chi connectivity index (χ3n) is 5.77. The maximum absolute atomic E-state index is 13.4. The number of nitrogens with two attached hydrogens (primary N) is 1. The van der Waals surface area contributed by atoms with Crippen molar-refractivity contribution < 1.29 is 24.5 Å². The lowest BCUT2D eigenvalue weighted by Crippen LogP contribution is -2.49. The molecule has 0 fully saturated rings. The van der Waals surface area contributed by atoms with Crippen LogP contribution in [0.5, 0.6) is 5.75 Å². The van der Waals surface area contributed by atoms with Gasteiger partial charge in [-0.3, -0.25) is 9.59 Å². The maximum atomic E-state index is 13.4. The van der Waals surface area contributed by atoms with Crippen LogP contribution in [-0.2, 0) is 9.59 Å². The van der Waals surface area contributed by atoms with Gasteiger partial charge in [0.1, 0.15) is 30.5 Å². The highest BCUT2D eigenvalue weighted by atomic mass is 127. The Morgan fingerprint density at radius 1 is 1.03 bits per heavy atom. The van der Waals surface area contributed by atoms with Crippen molar-refractivity contribution in [2.24, 2.45) is 5.73 Å². The summed E-state index contributed by atoms with van der Waals surface area (Å²) in [6.45, 7) is 1.38. The van der Waals surface area contributed by atoms with Gasteiger partial charge in [0.2, 0.25) is 11.8 Å². The van der Waals surface area contributed by atoms with Crippen LogP contribution >= 0.6 is 34.2 Å². The first-order chi connectivity index (χ1) is 17.7. The van der Waals surface area contributed by atoms with Crippen LogP contribution in [-0.4, -0.2) is 47.4 Å². The van der Waals surface area contributed by atoms with Crippen LogP contribution in [0, 0.1) is 3.57 Å². The molecule has 0 aromatic heterocycles. The number of amides is 2. The van der Waals surface area contributed by atoms with Gasteiger partial charge in [0.25, 0.3) is 0 Å². The fourth-order valence-electron chi connectivity index (χ4n) is 3.58. The highest BCUT2D eigenvalue weighted by Crippen LogP contribution is 2.26. The fraction of sp³-hybridized carbons (Fsp3) is 0.259. The Bertz CT molecular complexity index is 1200. The summed E-state index contributed by atoms with van der Waals surface area (Å²) in [6, 6.07) is 19.2. The number of benzene rings is 3. The largest absolute Gasteiger partial charge is 0.491 e. The number of carbonyl (C=O) groups excluding carboxylic acids is 2. The predicted octanol–water partition coefficient (Wildman–Crippen LogP) is 3.60. The van der Waals surface area contributed by atoms with Crippen molar-refractivity contribution in [2.45, 2.75) is 31.0 Å². The van der Waals surface area contributed by atoms with Gasteiger partial charge in [-0.15, -0.1) is 0 Å². The number of carbonyl (C=O) groups is 2. The third kappa shape index (κ3) is 8.14. The smallest absolute Gasteiger partial charge is 0.247 e. The van der Waals surface area contributed by atoms with Gasteiger partial charge in [-0.05, 0) is 64.0 Å². The molecule has 0 bridgehead atoms. The molecule has 0 aliphatic heterocycles. The van der Waals surface area contributed by atoms with Crippen molar-refractivity contribution in [1.82, 2.24) is 5.32 Å². The van der Waals surface area contributed by atoms with E-state index in [1.807, 2.05) is 43.3 Å². The first-order valence-electron chi connectivity index (χ1n) is 11.6. The molecule has 0 heterocycles. The maximum Gasteiger partial charge on any atom is 0.247 e. The van der Waals surface area contributed by atoms with Crippen molar-refractivity contribution in [3.63, 3.8) is 0 Å². The van der Waals surface area contributed by atoms with E-state index in [1.165, 1.54) is 0 Å². The highest BCUT2D eigenvalue weighted by molar-refractivity contribution is 14.1. The zero-order chi connectivity index (χ0) is 26.9. The van der Waals surface area contributed by atoms with E-state index in [0.717, 1.165) is 9.13 Å². The average Bonchev–Trinajstić information content (AvgIpc) is 2.91. The molecule has 3 rings (SSSR count). The molecule has 0 aliphatic carbocycles. The Morgan fingerprint density at radius 3 is 2.32 bits per heavy atom. The first kappa shape index (κ1) is 28.9. The van der Waals surface area contributed by atoms with E-state index in [2.05, 4.69) is 33.2 Å². The molecule has 0 saturated heterocycles. The summed E-state index contributed by atoms with van der Waals surface area (Å²) in [6.07, 6.45) is -0.989. The first-order valence-corrected chi connectivity index (χ1v) is 13.0. The molecule has 0 saturated carbocycles. The number of aliphatic hydroxyl groups excluding tert-OH is 2. The quantitative estimate of drug-likeness (QED) is 0.204. The minimum absolute atomic E-state index is 0.0683. The summed E-state index contributed by atoms with van der Waals surface area (Å²) < 4.78 is 6.31. The number of hydrogen-bond donors (Lipinski definition) is 5. The number of halogens is 2. The Morgan fingerprint density at radius 2 is 1.70 bits per heavy atom. The number of anilines is 1. The number of hydrogen-bond acceptors (Lipinski definition) is 6. The standard InChI is InChI=1S/C27H29ClIN3O5/c1-16(17-5-3-2-4-6-17)25(27(36)31-23-12-9-19(29)13-22(23)28)32-26(35)24(30)18-7-10-21(11-8-18)37-15-20(34)14-33/h2-13,16,20,24-25,33-34H,14-15,30H2,1H3,(H,31,36)(H,32,35)/t16-,20?,24?,25-/m0/s1. The van der Waals surface area contributed by atoms with Crippen molar-refractivity contribution >= 4 is 51.7 Å². The van der Waals surface area contributed by atoms with Crippen LogP contribution < -0.4 is 21.1 Å². The Labute approximate surface area is 234 Å². The van der Waals surface area contributed by atoms with Crippen LogP contribution in [0.15, 0.2) is 72.8 Å². The zero-order valence-corrected chi connectivity index (χ0v) is 23.0. The van der Waals surface area contributed by atoms with Crippen LogP contribution in [0.4, 0.5) is 5.69 Å². The molecule has 0 aliphatic rings. The topological polar surface area (TPSA) is 134 Å². The molecular weight excluding hydrogens is 609 g/mol. The molecule has 8 nitrogen and oxygen atoms in total. The lowest BCUT2D eigenvalue weighted by atomic mass is 9.92. The molecule has 3 aromatic rings. The van der Waals surface area contributed by atoms with E-state index in [0.29, 0.717) is 22.0 Å². The fourth-order valence-corrected chi connectivity index (χ4v) is 4.48. The molecule has 3 aromatic carbocycles. The molecule has 2 unspecified atom stereocenters. The van der Waals surface area contributed by atoms with Gasteiger partial charge in [0, 0.05) is 9.49 Å². The van der Waals surface area contributed by atoms with E-state index < -0.39 is 36.6 Å². The van der Waals surface area contributed by atoms with E-state index in [1.54, 1.807) is 36.4 Å².